The molecule has 1 atom stereocenters. The number of hydrogen-bond donors (Lipinski definition) is 1. The van der Waals surface area contributed by atoms with Gasteiger partial charge in [-0.05, 0) is 24.1 Å². The summed E-state index contributed by atoms with van der Waals surface area (Å²) in [6.45, 7) is 0. The molecule has 1 unspecified atom stereocenters. The lowest BCUT2D eigenvalue weighted by Gasteiger charge is -2.09. The summed E-state index contributed by atoms with van der Waals surface area (Å²) in [6.07, 6.45) is 0.718. The van der Waals surface area contributed by atoms with E-state index in [-0.39, 0.29) is 17.4 Å². The molecule has 5 nitrogen and oxygen atoms in total. The Labute approximate surface area is 112 Å². The van der Waals surface area contributed by atoms with Crippen molar-refractivity contribution in [2.45, 2.75) is 12.8 Å². The molecule has 0 spiro atoms. The van der Waals surface area contributed by atoms with Crippen LogP contribution in [0.4, 0.5) is 5.69 Å². The van der Waals surface area contributed by atoms with Crippen LogP contribution in [0, 0.1) is 17.2 Å². The van der Waals surface area contributed by atoms with E-state index in [1.54, 1.807) is 24.3 Å². The third-order valence-corrected chi connectivity index (χ3v) is 4.88. The number of nitriles is 1. The lowest BCUT2D eigenvalue weighted by molar-refractivity contribution is -0.119. The molecular formula is C13H14N2O3S. The summed E-state index contributed by atoms with van der Waals surface area (Å²) in [5.41, 5.74) is 1.50. The zero-order valence-electron chi connectivity index (χ0n) is 10.3. The summed E-state index contributed by atoms with van der Waals surface area (Å²) >= 11 is 0. The maximum atomic E-state index is 11.9. The van der Waals surface area contributed by atoms with Gasteiger partial charge in [-0.3, -0.25) is 4.79 Å². The van der Waals surface area contributed by atoms with Crippen LogP contribution >= 0.6 is 0 Å². The number of carbonyl (C=O) groups excluding carboxylic acids is 1. The van der Waals surface area contributed by atoms with Gasteiger partial charge in [-0.25, -0.2) is 8.42 Å². The summed E-state index contributed by atoms with van der Waals surface area (Å²) in [5, 5.41) is 11.3. The molecule has 6 heteroatoms. The van der Waals surface area contributed by atoms with Gasteiger partial charge in [0, 0.05) is 5.69 Å². The Morgan fingerprint density at radius 1 is 1.37 bits per heavy atom. The van der Waals surface area contributed by atoms with Crippen LogP contribution in [0.5, 0.6) is 0 Å². The predicted molar refractivity (Wildman–Crippen MR) is 71.1 cm³/mol. The van der Waals surface area contributed by atoms with E-state index in [4.69, 9.17) is 5.26 Å². The molecule has 100 valence electrons. The van der Waals surface area contributed by atoms with Crippen LogP contribution in [0.1, 0.15) is 12.0 Å². The molecule has 0 radical (unpaired) electrons. The third kappa shape index (κ3) is 3.55. The van der Waals surface area contributed by atoms with Crippen molar-refractivity contribution in [2.24, 2.45) is 5.92 Å². The zero-order chi connectivity index (χ0) is 13.9. The first kappa shape index (κ1) is 13.6. The number of sulfone groups is 1. The number of rotatable bonds is 3. The van der Waals surface area contributed by atoms with Gasteiger partial charge in [-0.15, -0.1) is 0 Å². The van der Waals surface area contributed by atoms with Crippen molar-refractivity contribution < 1.29 is 13.2 Å². The van der Waals surface area contributed by atoms with Crippen molar-refractivity contribution in [1.29, 1.82) is 5.26 Å². The Kier molecular flexibility index (Phi) is 3.86. The lowest BCUT2D eigenvalue weighted by Crippen LogP contribution is -2.23. The van der Waals surface area contributed by atoms with E-state index in [2.05, 4.69) is 5.32 Å². The SMILES string of the molecule is N#CCc1ccc(NC(=O)C2CCS(=O)(=O)C2)cc1. The highest BCUT2D eigenvalue weighted by Crippen LogP contribution is 2.20. The molecule has 0 aromatic heterocycles. The number of amides is 1. The van der Waals surface area contributed by atoms with Gasteiger partial charge in [0.05, 0.1) is 29.9 Å². The minimum absolute atomic E-state index is 0.0641. The number of benzene rings is 1. The largest absolute Gasteiger partial charge is 0.326 e. The molecule has 1 N–H and O–H groups in total. The van der Waals surface area contributed by atoms with Crippen molar-refractivity contribution in [3.63, 3.8) is 0 Å². The number of anilines is 1. The second-order valence-corrected chi connectivity index (χ2v) is 6.85. The van der Waals surface area contributed by atoms with E-state index in [9.17, 15) is 13.2 Å². The fourth-order valence-electron chi connectivity index (χ4n) is 2.04. The van der Waals surface area contributed by atoms with Crippen LogP contribution in [0.15, 0.2) is 24.3 Å². The highest BCUT2D eigenvalue weighted by atomic mass is 32.2. The Balaban J connectivity index is 1.98. The van der Waals surface area contributed by atoms with Gasteiger partial charge in [-0.2, -0.15) is 5.26 Å². The molecule has 1 aliphatic heterocycles. The molecule has 1 fully saturated rings. The van der Waals surface area contributed by atoms with Gasteiger partial charge in [0.25, 0.3) is 0 Å². The topological polar surface area (TPSA) is 87.0 Å². The molecule has 1 aromatic rings. The van der Waals surface area contributed by atoms with Crippen LogP contribution in [-0.2, 0) is 21.1 Å². The van der Waals surface area contributed by atoms with Gasteiger partial charge < -0.3 is 5.32 Å². The van der Waals surface area contributed by atoms with Crippen molar-refractivity contribution >= 4 is 21.4 Å². The monoisotopic (exact) mass is 278 g/mol. The first-order valence-electron chi connectivity index (χ1n) is 5.97. The maximum absolute atomic E-state index is 11.9. The Morgan fingerprint density at radius 2 is 2.05 bits per heavy atom. The lowest BCUT2D eigenvalue weighted by atomic mass is 10.1. The van der Waals surface area contributed by atoms with Crippen molar-refractivity contribution in [3.8, 4) is 6.07 Å². The van der Waals surface area contributed by atoms with Crippen LogP contribution in [0.3, 0.4) is 0 Å². The fourth-order valence-corrected chi connectivity index (χ4v) is 3.78. The van der Waals surface area contributed by atoms with Crippen molar-refractivity contribution in [2.75, 3.05) is 16.8 Å². The van der Waals surface area contributed by atoms with Gasteiger partial charge in [0.2, 0.25) is 5.91 Å². The van der Waals surface area contributed by atoms with E-state index in [0.29, 0.717) is 18.5 Å². The normalized spacial score (nSPS) is 20.7. The molecule has 0 saturated carbocycles. The number of carbonyl (C=O) groups is 1. The van der Waals surface area contributed by atoms with Crippen LogP contribution < -0.4 is 5.32 Å². The smallest absolute Gasteiger partial charge is 0.228 e. The van der Waals surface area contributed by atoms with Gasteiger partial charge in [0.1, 0.15) is 0 Å². The van der Waals surface area contributed by atoms with E-state index in [1.807, 2.05) is 6.07 Å². The first-order chi connectivity index (χ1) is 9.00. The average molecular weight is 278 g/mol. The molecule has 2 rings (SSSR count). The van der Waals surface area contributed by atoms with Crippen molar-refractivity contribution in [1.82, 2.24) is 0 Å². The zero-order valence-corrected chi connectivity index (χ0v) is 11.1. The molecule has 0 bridgehead atoms. The minimum atomic E-state index is -3.04. The minimum Gasteiger partial charge on any atom is -0.326 e. The quantitative estimate of drug-likeness (QED) is 0.897. The summed E-state index contributed by atoms with van der Waals surface area (Å²) in [6, 6.07) is 9.01. The van der Waals surface area contributed by atoms with Gasteiger partial charge in [0.15, 0.2) is 9.84 Å². The second-order valence-electron chi connectivity index (χ2n) is 4.62. The molecule has 19 heavy (non-hydrogen) atoms. The number of nitrogens with zero attached hydrogens (tertiary/aromatic N) is 1. The second kappa shape index (κ2) is 5.41. The standard InChI is InChI=1S/C13H14N2O3S/c14-7-5-10-1-3-12(4-2-10)15-13(16)11-6-8-19(17,18)9-11/h1-4,11H,5-6,8-9H2,(H,15,16). The van der Waals surface area contributed by atoms with E-state index < -0.39 is 15.8 Å². The van der Waals surface area contributed by atoms with E-state index in [0.717, 1.165) is 5.56 Å². The predicted octanol–water partition coefficient (Wildman–Crippen LogP) is 1.13. The number of nitrogens with one attached hydrogen (secondary N) is 1. The van der Waals surface area contributed by atoms with Crippen LogP contribution in [0.25, 0.3) is 0 Å². The van der Waals surface area contributed by atoms with Crippen molar-refractivity contribution in [3.05, 3.63) is 29.8 Å². The maximum Gasteiger partial charge on any atom is 0.228 e. The Bertz CT molecular complexity index is 614. The number of hydrogen-bond acceptors (Lipinski definition) is 4. The molecule has 0 aliphatic carbocycles. The molecule has 1 aliphatic rings. The highest BCUT2D eigenvalue weighted by molar-refractivity contribution is 7.91. The van der Waals surface area contributed by atoms with Crippen LogP contribution in [0.2, 0.25) is 0 Å². The molecular weight excluding hydrogens is 264 g/mol. The van der Waals surface area contributed by atoms with E-state index in [1.165, 1.54) is 0 Å². The summed E-state index contributed by atoms with van der Waals surface area (Å²) in [4.78, 5) is 11.9. The first-order valence-corrected chi connectivity index (χ1v) is 7.79. The summed E-state index contributed by atoms with van der Waals surface area (Å²) in [5.74, 6) is -0.685. The molecule has 1 heterocycles. The summed E-state index contributed by atoms with van der Waals surface area (Å²) < 4.78 is 22.6. The van der Waals surface area contributed by atoms with Gasteiger partial charge >= 0.3 is 0 Å². The Morgan fingerprint density at radius 3 is 2.58 bits per heavy atom. The molecule has 1 saturated heterocycles. The fraction of sp³-hybridized carbons (Fsp3) is 0.385. The van der Waals surface area contributed by atoms with E-state index >= 15 is 0 Å². The highest BCUT2D eigenvalue weighted by Gasteiger charge is 2.32. The van der Waals surface area contributed by atoms with Gasteiger partial charge in [-0.1, -0.05) is 12.1 Å². The molecule has 1 aromatic carbocycles. The van der Waals surface area contributed by atoms with Crippen LogP contribution in [-0.4, -0.2) is 25.8 Å². The Hall–Kier alpha value is -1.87. The third-order valence-electron chi connectivity index (χ3n) is 3.11. The molecule has 1 amide bonds. The summed E-state index contributed by atoms with van der Waals surface area (Å²) in [7, 11) is -3.04. The average Bonchev–Trinajstić information content (AvgIpc) is 2.73.